The lowest BCUT2D eigenvalue weighted by Crippen LogP contribution is -2.36. The fourth-order valence-corrected chi connectivity index (χ4v) is 3.38. The minimum atomic E-state index is -0.460. The van der Waals surface area contributed by atoms with Crippen LogP contribution in [-0.4, -0.2) is 16.9 Å². The van der Waals surface area contributed by atoms with Gasteiger partial charge in [0.05, 0.1) is 10.5 Å². The van der Waals surface area contributed by atoms with Crippen molar-refractivity contribution >= 4 is 17.7 Å². The molecule has 0 atom stereocenters. The lowest BCUT2D eigenvalue weighted by molar-refractivity contribution is -0.384. The minimum absolute atomic E-state index is 0.0510. The molecule has 1 aromatic carbocycles. The fourth-order valence-electron chi connectivity index (χ4n) is 3.38. The molecule has 1 heterocycles. The average molecular weight is 379 g/mol. The molecule has 28 heavy (non-hydrogen) atoms. The SMILES string of the molecule is Cc1ccc(-c2ccc(C=C(C#N)C(=O)NC3CCCCC3)o2)c([N+](=O)[O-])c1. The summed E-state index contributed by atoms with van der Waals surface area (Å²) < 4.78 is 5.66. The molecule has 1 aliphatic rings. The van der Waals surface area contributed by atoms with E-state index in [1.165, 1.54) is 18.6 Å². The molecule has 1 aliphatic carbocycles. The molecular weight excluding hydrogens is 358 g/mol. The number of nitrogens with one attached hydrogen (secondary N) is 1. The quantitative estimate of drug-likeness (QED) is 0.355. The first-order chi connectivity index (χ1) is 13.5. The van der Waals surface area contributed by atoms with Crippen LogP contribution in [0, 0.1) is 28.4 Å². The molecule has 0 saturated heterocycles. The average Bonchev–Trinajstić information content (AvgIpc) is 3.15. The number of aryl methyl sites for hydroxylation is 1. The molecule has 3 rings (SSSR count). The summed E-state index contributed by atoms with van der Waals surface area (Å²) in [5.74, 6) is 0.178. The Labute approximate surface area is 162 Å². The zero-order chi connectivity index (χ0) is 20.1. The molecule has 0 aliphatic heterocycles. The highest BCUT2D eigenvalue weighted by molar-refractivity contribution is 6.01. The van der Waals surface area contributed by atoms with E-state index in [1.54, 1.807) is 31.2 Å². The van der Waals surface area contributed by atoms with E-state index in [9.17, 15) is 20.2 Å². The second kappa shape index (κ2) is 8.53. The van der Waals surface area contributed by atoms with Crippen LogP contribution >= 0.6 is 0 Å². The van der Waals surface area contributed by atoms with Gasteiger partial charge in [-0.15, -0.1) is 0 Å². The smallest absolute Gasteiger partial charge is 0.280 e. The van der Waals surface area contributed by atoms with Gasteiger partial charge in [-0.05, 0) is 43.5 Å². The van der Waals surface area contributed by atoms with Crippen molar-refractivity contribution in [2.24, 2.45) is 0 Å². The first-order valence-corrected chi connectivity index (χ1v) is 9.26. The van der Waals surface area contributed by atoms with Gasteiger partial charge in [0.25, 0.3) is 11.6 Å². The lowest BCUT2D eigenvalue weighted by atomic mass is 9.95. The maximum absolute atomic E-state index is 12.4. The van der Waals surface area contributed by atoms with Crippen molar-refractivity contribution in [2.75, 3.05) is 0 Å². The second-order valence-electron chi connectivity index (χ2n) is 6.96. The molecule has 1 amide bonds. The number of carbonyl (C=O) groups excluding carboxylic acids is 1. The Bertz CT molecular complexity index is 962. The molecule has 0 unspecified atom stereocenters. The number of nitriles is 1. The Morgan fingerprint density at radius 1 is 1.29 bits per heavy atom. The molecule has 7 nitrogen and oxygen atoms in total. The molecule has 1 saturated carbocycles. The van der Waals surface area contributed by atoms with Gasteiger partial charge in [-0.2, -0.15) is 5.26 Å². The largest absolute Gasteiger partial charge is 0.456 e. The molecule has 2 aromatic rings. The van der Waals surface area contributed by atoms with E-state index in [0.29, 0.717) is 17.1 Å². The summed E-state index contributed by atoms with van der Waals surface area (Å²) >= 11 is 0. The molecule has 1 fully saturated rings. The van der Waals surface area contributed by atoms with Crippen LogP contribution in [0.2, 0.25) is 0 Å². The van der Waals surface area contributed by atoms with Gasteiger partial charge in [0.1, 0.15) is 23.2 Å². The van der Waals surface area contributed by atoms with E-state index >= 15 is 0 Å². The van der Waals surface area contributed by atoms with E-state index in [4.69, 9.17) is 4.42 Å². The van der Waals surface area contributed by atoms with Crippen molar-refractivity contribution in [3.8, 4) is 17.4 Å². The lowest BCUT2D eigenvalue weighted by Gasteiger charge is -2.22. The monoisotopic (exact) mass is 379 g/mol. The van der Waals surface area contributed by atoms with Crippen LogP contribution in [0.4, 0.5) is 5.69 Å². The predicted octanol–water partition coefficient (Wildman–Crippen LogP) is 4.52. The van der Waals surface area contributed by atoms with Crippen molar-refractivity contribution < 1.29 is 14.1 Å². The maximum Gasteiger partial charge on any atom is 0.280 e. The van der Waals surface area contributed by atoms with Crippen molar-refractivity contribution in [1.82, 2.24) is 5.32 Å². The number of benzene rings is 1. The van der Waals surface area contributed by atoms with Gasteiger partial charge in [0.2, 0.25) is 0 Å². The number of rotatable bonds is 5. The van der Waals surface area contributed by atoms with Crippen LogP contribution in [0.3, 0.4) is 0 Å². The Morgan fingerprint density at radius 2 is 2.04 bits per heavy atom. The number of carbonyl (C=O) groups is 1. The Morgan fingerprint density at radius 3 is 2.71 bits per heavy atom. The van der Waals surface area contributed by atoms with Gasteiger partial charge in [0.15, 0.2) is 0 Å². The topological polar surface area (TPSA) is 109 Å². The molecule has 0 spiro atoms. The van der Waals surface area contributed by atoms with Crippen LogP contribution in [-0.2, 0) is 4.79 Å². The summed E-state index contributed by atoms with van der Waals surface area (Å²) in [6, 6.07) is 10.1. The highest BCUT2D eigenvalue weighted by atomic mass is 16.6. The van der Waals surface area contributed by atoms with E-state index in [1.807, 2.05) is 6.07 Å². The molecular formula is C21H21N3O4. The van der Waals surface area contributed by atoms with Crippen LogP contribution in [0.1, 0.15) is 43.4 Å². The Balaban J connectivity index is 1.82. The number of nitro benzene ring substituents is 1. The number of nitrogens with zero attached hydrogens (tertiary/aromatic N) is 2. The second-order valence-corrected chi connectivity index (χ2v) is 6.96. The highest BCUT2D eigenvalue weighted by Crippen LogP contribution is 2.32. The molecule has 0 radical (unpaired) electrons. The normalized spacial score (nSPS) is 15.1. The molecule has 1 aromatic heterocycles. The van der Waals surface area contributed by atoms with Crippen LogP contribution in [0.25, 0.3) is 17.4 Å². The van der Waals surface area contributed by atoms with Crippen molar-refractivity contribution in [2.45, 2.75) is 45.1 Å². The predicted molar refractivity (Wildman–Crippen MR) is 104 cm³/mol. The number of nitro groups is 1. The Kier molecular flexibility index (Phi) is 5.90. The first-order valence-electron chi connectivity index (χ1n) is 9.26. The molecule has 144 valence electrons. The van der Waals surface area contributed by atoms with Crippen LogP contribution in [0.15, 0.2) is 40.3 Å². The van der Waals surface area contributed by atoms with E-state index in [0.717, 1.165) is 31.2 Å². The van der Waals surface area contributed by atoms with Crippen molar-refractivity contribution in [1.29, 1.82) is 5.26 Å². The summed E-state index contributed by atoms with van der Waals surface area (Å²) in [5.41, 5.74) is 1.01. The number of hydrogen-bond donors (Lipinski definition) is 1. The van der Waals surface area contributed by atoms with Crippen molar-refractivity contribution in [3.05, 3.63) is 57.3 Å². The van der Waals surface area contributed by atoms with Gasteiger partial charge in [-0.3, -0.25) is 14.9 Å². The highest BCUT2D eigenvalue weighted by Gasteiger charge is 2.20. The standard InChI is InChI=1S/C21H21N3O4/c1-14-7-9-18(19(11-14)24(26)27)20-10-8-17(28-20)12-15(13-22)21(25)23-16-5-3-2-4-6-16/h7-12,16H,2-6H2,1H3,(H,23,25). The molecule has 7 heteroatoms. The van der Waals surface area contributed by atoms with E-state index < -0.39 is 10.8 Å². The summed E-state index contributed by atoms with van der Waals surface area (Å²) in [7, 11) is 0. The summed E-state index contributed by atoms with van der Waals surface area (Å²) in [6.45, 7) is 1.78. The third-order valence-electron chi connectivity index (χ3n) is 4.83. The van der Waals surface area contributed by atoms with E-state index in [2.05, 4.69) is 5.32 Å². The Hall–Kier alpha value is -3.40. The molecule has 0 bridgehead atoms. The van der Waals surface area contributed by atoms with Gasteiger partial charge >= 0.3 is 0 Å². The number of amides is 1. The third-order valence-corrected chi connectivity index (χ3v) is 4.83. The van der Waals surface area contributed by atoms with E-state index in [-0.39, 0.29) is 17.3 Å². The van der Waals surface area contributed by atoms with Crippen molar-refractivity contribution in [3.63, 3.8) is 0 Å². The zero-order valence-corrected chi connectivity index (χ0v) is 15.6. The molecule has 1 N–H and O–H groups in total. The van der Waals surface area contributed by atoms with Gasteiger partial charge in [-0.1, -0.05) is 25.3 Å². The number of furan rings is 1. The first kappa shape index (κ1) is 19.4. The maximum atomic E-state index is 12.4. The number of hydrogen-bond acceptors (Lipinski definition) is 5. The van der Waals surface area contributed by atoms with Crippen LogP contribution in [0.5, 0.6) is 0 Å². The third kappa shape index (κ3) is 4.46. The van der Waals surface area contributed by atoms with Crippen LogP contribution < -0.4 is 5.32 Å². The summed E-state index contributed by atoms with van der Waals surface area (Å²) in [5, 5.41) is 23.6. The van der Waals surface area contributed by atoms with Gasteiger partial charge in [-0.25, -0.2) is 0 Å². The van der Waals surface area contributed by atoms with Gasteiger partial charge in [0, 0.05) is 18.2 Å². The summed E-state index contributed by atoms with van der Waals surface area (Å²) in [4.78, 5) is 23.2. The minimum Gasteiger partial charge on any atom is -0.456 e. The summed E-state index contributed by atoms with van der Waals surface area (Å²) in [6.07, 6.45) is 6.54. The fraction of sp³-hybridized carbons (Fsp3) is 0.333. The zero-order valence-electron chi connectivity index (χ0n) is 15.6. The van der Waals surface area contributed by atoms with Gasteiger partial charge < -0.3 is 9.73 Å².